The molecule has 3 heterocycles. The number of carbonyl (C=O) groups excluding carboxylic acids is 1. The van der Waals surface area contributed by atoms with E-state index < -0.39 is 24.7 Å². The van der Waals surface area contributed by atoms with Crippen molar-refractivity contribution < 1.29 is 22.7 Å². The number of alkyl halides is 3. The number of anilines is 1. The molecule has 4 aromatic rings. The van der Waals surface area contributed by atoms with Crippen molar-refractivity contribution in [1.29, 1.82) is 0 Å². The van der Waals surface area contributed by atoms with Crippen molar-refractivity contribution in [2.45, 2.75) is 32.0 Å². The van der Waals surface area contributed by atoms with E-state index in [-0.39, 0.29) is 5.69 Å². The molecule has 7 nitrogen and oxygen atoms in total. The number of aromatic nitrogens is 4. The highest BCUT2D eigenvalue weighted by Gasteiger charge is 2.39. The Bertz CT molecular complexity index is 1450. The number of pyridine rings is 1. The lowest BCUT2D eigenvalue weighted by atomic mass is 10.0. The van der Waals surface area contributed by atoms with Gasteiger partial charge in [-0.15, -0.1) is 5.10 Å². The summed E-state index contributed by atoms with van der Waals surface area (Å²) >= 11 is 0. The van der Waals surface area contributed by atoms with Gasteiger partial charge in [-0.05, 0) is 61.2 Å². The van der Waals surface area contributed by atoms with Crippen LogP contribution in [0.2, 0.25) is 0 Å². The average Bonchev–Trinajstić information content (AvgIpc) is 3.32. The molecule has 0 fully saturated rings. The van der Waals surface area contributed by atoms with Crippen LogP contribution in [0, 0.1) is 6.92 Å². The Hall–Kier alpha value is -4.21. The van der Waals surface area contributed by atoms with E-state index in [4.69, 9.17) is 4.74 Å². The van der Waals surface area contributed by atoms with Gasteiger partial charge in [0.1, 0.15) is 24.0 Å². The summed E-state index contributed by atoms with van der Waals surface area (Å²) in [6, 6.07) is 15.2. The molecule has 2 aromatic heterocycles. The first-order valence-corrected chi connectivity index (χ1v) is 11.7. The van der Waals surface area contributed by atoms with Gasteiger partial charge < -0.3 is 9.64 Å². The summed E-state index contributed by atoms with van der Waals surface area (Å²) in [4.78, 5) is 18.4. The maximum Gasteiger partial charge on any atom is 0.406 e. The molecule has 1 atom stereocenters. The number of fused-ring (bicyclic) bond motifs is 1. The number of nitrogens with zero attached hydrogens (tertiary/aromatic N) is 5. The molecule has 10 heteroatoms. The number of halogens is 3. The quantitative estimate of drug-likeness (QED) is 0.361. The number of amides is 1. The van der Waals surface area contributed by atoms with Crippen molar-refractivity contribution in [3.63, 3.8) is 0 Å². The molecule has 0 saturated carbocycles. The van der Waals surface area contributed by atoms with Gasteiger partial charge in [0.15, 0.2) is 0 Å². The number of rotatable bonds is 5. The summed E-state index contributed by atoms with van der Waals surface area (Å²) in [7, 11) is 1.57. The lowest BCUT2D eigenvalue weighted by Gasteiger charge is -2.26. The van der Waals surface area contributed by atoms with Crippen LogP contribution in [0.5, 0.6) is 5.75 Å². The van der Waals surface area contributed by atoms with Gasteiger partial charge in [-0.3, -0.25) is 9.78 Å². The van der Waals surface area contributed by atoms with Gasteiger partial charge in [-0.2, -0.15) is 13.2 Å². The van der Waals surface area contributed by atoms with Gasteiger partial charge >= 0.3 is 6.18 Å². The van der Waals surface area contributed by atoms with Crippen LogP contribution in [0.1, 0.15) is 23.7 Å². The van der Waals surface area contributed by atoms with Crippen molar-refractivity contribution >= 4 is 11.6 Å². The average molecular weight is 508 g/mol. The summed E-state index contributed by atoms with van der Waals surface area (Å²) in [5.74, 6) is -0.0466. The highest BCUT2D eigenvalue weighted by atomic mass is 19.4. The molecular formula is C27H24F3N5O2. The fourth-order valence-electron chi connectivity index (χ4n) is 4.65. The zero-order valence-corrected chi connectivity index (χ0v) is 20.2. The van der Waals surface area contributed by atoms with E-state index in [9.17, 15) is 18.0 Å². The van der Waals surface area contributed by atoms with Gasteiger partial charge in [0, 0.05) is 28.7 Å². The first-order chi connectivity index (χ1) is 17.7. The van der Waals surface area contributed by atoms with E-state index in [0.29, 0.717) is 35.4 Å². The standard InChI is InChI=1S/C27H24F3N5O2/c1-17-13-19(11-12-31-17)21-9-7-20(14-25(21)37-2)22-15-35(33-32-22)24-10-8-18-5-3-4-6-23(18)34(26(24)36)16-27(28,29)30/h3-7,9,11-15,24H,8,10,16H2,1-2H3. The molecule has 37 heavy (non-hydrogen) atoms. The van der Waals surface area contributed by atoms with Crippen molar-refractivity contribution in [2.75, 3.05) is 18.6 Å². The van der Waals surface area contributed by atoms with Crippen LogP contribution in [0.4, 0.5) is 18.9 Å². The molecule has 190 valence electrons. The predicted molar refractivity (Wildman–Crippen MR) is 132 cm³/mol. The van der Waals surface area contributed by atoms with Crippen LogP contribution in [0.15, 0.2) is 67.0 Å². The molecule has 0 radical (unpaired) electrons. The molecule has 0 spiro atoms. The molecule has 1 aliphatic heterocycles. The minimum atomic E-state index is -4.54. The van der Waals surface area contributed by atoms with Gasteiger partial charge in [0.25, 0.3) is 5.91 Å². The largest absolute Gasteiger partial charge is 0.496 e. The minimum absolute atomic E-state index is 0.277. The fraction of sp³-hybridized carbons (Fsp3) is 0.259. The number of hydrogen-bond donors (Lipinski definition) is 0. The molecule has 1 unspecified atom stereocenters. The normalized spacial score (nSPS) is 15.9. The third-order valence-electron chi connectivity index (χ3n) is 6.39. The van der Waals surface area contributed by atoms with E-state index >= 15 is 0 Å². The fourth-order valence-corrected chi connectivity index (χ4v) is 4.65. The van der Waals surface area contributed by atoms with E-state index in [2.05, 4.69) is 15.3 Å². The highest BCUT2D eigenvalue weighted by Crippen LogP contribution is 2.36. The van der Waals surface area contributed by atoms with Crippen molar-refractivity contribution in [2.24, 2.45) is 0 Å². The number of carbonyl (C=O) groups is 1. The Morgan fingerprint density at radius 3 is 2.65 bits per heavy atom. The highest BCUT2D eigenvalue weighted by molar-refractivity contribution is 5.97. The molecule has 0 aliphatic carbocycles. The summed E-state index contributed by atoms with van der Waals surface area (Å²) in [6.07, 6.45) is -0.486. The van der Waals surface area contributed by atoms with Crippen molar-refractivity contribution in [3.05, 3.63) is 78.2 Å². The zero-order valence-electron chi connectivity index (χ0n) is 20.2. The van der Waals surface area contributed by atoms with Gasteiger partial charge in [-0.25, -0.2) is 4.68 Å². The second kappa shape index (κ2) is 9.68. The second-order valence-electron chi connectivity index (χ2n) is 8.91. The number of benzene rings is 2. The van der Waals surface area contributed by atoms with Crippen molar-refractivity contribution in [3.8, 4) is 28.1 Å². The Kier molecular flexibility index (Phi) is 6.41. The summed E-state index contributed by atoms with van der Waals surface area (Å²) in [5, 5.41) is 8.36. The van der Waals surface area contributed by atoms with Crippen LogP contribution in [-0.4, -0.2) is 45.7 Å². The van der Waals surface area contributed by atoms with Crippen LogP contribution >= 0.6 is 0 Å². The zero-order chi connectivity index (χ0) is 26.2. The van der Waals surface area contributed by atoms with Crippen LogP contribution < -0.4 is 9.64 Å². The topological polar surface area (TPSA) is 73.1 Å². The lowest BCUT2D eigenvalue weighted by molar-refractivity contribution is -0.134. The van der Waals surface area contributed by atoms with Crippen LogP contribution in [-0.2, 0) is 11.2 Å². The number of ether oxygens (including phenoxy) is 1. The minimum Gasteiger partial charge on any atom is -0.496 e. The van der Waals surface area contributed by atoms with Gasteiger partial charge in [0.2, 0.25) is 0 Å². The van der Waals surface area contributed by atoms with Gasteiger partial charge in [0.05, 0.1) is 13.3 Å². The Morgan fingerprint density at radius 2 is 1.89 bits per heavy atom. The van der Waals surface area contributed by atoms with Gasteiger partial charge in [-0.1, -0.05) is 29.5 Å². The maximum absolute atomic E-state index is 13.4. The van der Waals surface area contributed by atoms with E-state index in [1.54, 1.807) is 43.8 Å². The Morgan fingerprint density at radius 1 is 1.08 bits per heavy atom. The first-order valence-electron chi connectivity index (χ1n) is 11.7. The van der Waals surface area contributed by atoms with E-state index in [1.165, 1.54) is 4.68 Å². The molecule has 1 aliphatic rings. The molecular weight excluding hydrogens is 483 g/mol. The third kappa shape index (κ3) is 5.04. The Labute approximate surface area is 211 Å². The number of aryl methyl sites for hydroxylation is 2. The maximum atomic E-state index is 13.4. The summed E-state index contributed by atoms with van der Waals surface area (Å²) in [6.45, 7) is 0.542. The third-order valence-corrected chi connectivity index (χ3v) is 6.39. The van der Waals surface area contributed by atoms with Crippen molar-refractivity contribution in [1.82, 2.24) is 20.0 Å². The Balaban J connectivity index is 1.46. The molecule has 1 amide bonds. The smallest absolute Gasteiger partial charge is 0.406 e. The number of para-hydroxylation sites is 1. The van der Waals surface area contributed by atoms with Crippen LogP contribution in [0.3, 0.4) is 0 Å². The van der Waals surface area contributed by atoms with Crippen LogP contribution in [0.25, 0.3) is 22.4 Å². The van der Waals surface area contributed by atoms with E-state index in [0.717, 1.165) is 21.7 Å². The SMILES string of the molecule is COc1cc(-c2cn(C3CCc4ccccc4N(CC(F)(F)F)C3=O)nn2)ccc1-c1ccnc(C)c1. The lowest BCUT2D eigenvalue weighted by Crippen LogP contribution is -2.42. The first kappa shape index (κ1) is 24.5. The molecule has 0 bridgehead atoms. The second-order valence-corrected chi connectivity index (χ2v) is 8.91. The monoisotopic (exact) mass is 507 g/mol. The number of hydrogen-bond acceptors (Lipinski definition) is 5. The van der Waals surface area contributed by atoms with E-state index in [1.807, 2.05) is 37.3 Å². The summed E-state index contributed by atoms with van der Waals surface area (Å²) in [5.41, 5.74) is 4.86. The predicted octanol–water partition coefficient (Wildman–Crippen LogP) is 5.41. The molecule has 5 rings (SSSR count). The molecule has 2 aromatic carbocycles. The summed E-state index contributed by atoms with van der Waals surface area (Å²) < 4.78 is 47.2. The molecule has 0 saturated heterocycles. The molecule has 0 N–H and O–H groups in total. The number of methoxy groups -OCH3 is 1.